The van der Waals surface area contributed by atoms with Crippen LogP contribution in [0.4, 0.5) is 0 Å². The van der Waals surface area contributed by atoms with E-state index in [9.17, 15) is 0 Å². The quantitative estimate of drug-likeness (QED) is 0.678. The molecule has 0 saturated carbocycles. The van der Waals surface area contributed by atoms with Gasteiger partial charge in [-0.05, 0) is 32.4 Å². The van der Waals surface area contributed by atoms with Crippen molar-refractivity contribution in [2.45, 2.75) is 65.3 Å². The molecule has 1 N–H and O–H groups in total. The van der Waals surface area contributed by atoms with Crippen LogP contribution in [0.15, 0.2) is 6.07 Å². The summed E-state index contributed by atoms with van der Waals surface area (Å²) in [6.45, 7) is 7.63. The molecule has 0 aliphatic carbocycles. The third-order valence-corrected chi connectivity index (χ3v) is 3.38. The van der Waals surface area contributed by atoms with Gasteiger partial charge in [0.1, 0.15) is 0 Å². The van der Waals surface area contributed by atoms with Gasteiger partial charge in [-0.2, -0.15) is 5.10 Å². The summed E-state index contributed by atoms with van der Waals surface area (Å²) in [5, 5.41) is 8.12. The monoisotopic (exact) mass is 251 g/mol. The molecule has 3 nitrogen and oxygen atoms in total. The molecule has 0 bridgehead atoms. The van der Waals surface area contributed by atoms with Crippen LogP contribution in [0.25, 0.3) is 0 Å². The van der Waals surface area contributed by atoms with Gasteiger partial charge in [0.05, 0.1) is 11.4 Å². The number of nitrogens with one attached hydrogen (secondary N) is 1. The van der Waals surface area contributed by atoms with Crippen molar-refractivity contribution in [2.24, 2.45) is 7.05 Å². The minimum Gasteiger partial charge on any atom is -0.309 e. The Labute approximate surface area is 112 Å². The molecule has 3 heteroatoms. The number of aryl methyl sites for hydroxylation is 2. The summed E-state index contributed by atoms with van der Waals surface area (Å²) in [4.78, 5) is 0. The Kier molecular flexibility index (Phi) is 7.02. The molecule has 0 radical (unpaired) electrons. The van der Waals surface area contributed by atoms with Crippen LogP contribution in [0.5, 0.6) is 0 Å². The molecule has 0 fully saturated rings. The standard InChI is InChI=1S/C15H29N3/c1-5-7-8-9-10-14(16-11-6-2)15-12-13(3)17-18(15)4/h12,14,16H,5-11H2,1-4H3. The molecular weight excluding hydrogens is 222 g/mol. The molecule has 0 spiro atoms. The Bertz CT molecular complexity index is 330. The van der Waals surface area contributed by atoms with Gasteiger partial charge in [-0.3, -0.25) is 4.68 Å². The van der Waals surface area contributed by atoms with Crippen molar-refractivity contribution >= 4 is 0 Å². The zero-order valence-corrected chi connectivity index (χ0v) is 12.5. The first-order chi connectivity index (χ1) is 8.69. The zero-order valence-electron chi connectivity index (χ0n) is 12.5. The van der Waals surface area contributed by atoms with Gasteiger partial charge in [-0.25, -0.2) is 0 Å². The largest absolute Gasteiger partial charge is 0.309 e. The summed E-state index contributed by atoms with van der Waals surface area (Å²) in [6.07, 6.45) is 7.71. The molecule has 1 unspecified atom stereocenters. The molecule has 1 aromatic rings. The lowest BCUT2D eigenvalue weighted by molar-refractivity contribution is 0.445. The van der Waals surface area contributed by atoms with Gasteiger partial charge < -0.3 is 5.32 Å². The highest BCUT2D eigenvalue weighted by Gasteiger charge is 2.14. The fourth-order valence-electron chi connectivity index (χ4n) is 2.41. The van der Waals surface area contributed by atoms with E-state index in [0.29, 0.717) is 6.04 Å². The Morgan fingerprint density at radius 3 is 2.56 bits per heavy atom. The molecule has 1 rings (SSSR count). The Hall–Kier alpha value is -0.830. The van der Waals surface area contributed by atoms with Gasteiger partial charge in [0.15, 0.2) is 0 Å². The van der Waals surface area contributed by atoms with E-state index in [0.717, 1.165) is 12.2 Å². The molecule has 104 valence electrons. The zero-order chi connectivity index (χ0) is 13.4. The molecule has 0 aliphatic rings. The molecule has 0 aliphatic heterocycles. The molecule has 0 amide bonds. The highest BCUT2D eigenvalue weighted by molar-refractivity contribution is 5.13. The van der Waals surface area contributed by atoms with Gasteiger partial charge in [0.2, 0.25) is 0 Å². The SMILES string of the molecule is CCCCCCC(NCCC)c1cc(C)nn1C. The molecule has 1 aromatic heterocycles. The molecule has 18 heavy (non-hydrogen) atoms. The lowest BCUT2D eigenvalue weighted by atomic mass is 10.0. The Morgan fingerprint density at radius 1 is 1.22 bits per heavy atom. The molecule has 1 heterocycles. The van der Waals surface area contributed by atoms with Crippen molar-refractivity contribution in [3.63, 3.8) is 0 Å². The van der Waals surface area contributed by atoms with E-state index in [4.69, 9.17) is 0 Å². The normalized spacial score (nSPS) is 12.9. The minimum absolute atomic E-state index is 0.466. The maximum atomic E-state index is 4.46. The van der Waals surface area contributed by atoms with Crippen molar-refractivity contribution in [1.82, 2.24) is 15.1 Å². The van der Waals surface area contributed by atoms with Crippen LogP contribution in [-0.2, 0) is 7.05 Å². The van der Waals surface area contributed by atoms with Crippen molar-refractivity contribution in [2.75, 3.05) is 6.54 Å². The average Bonchev–Trinajstić information content (AvgIpc) is 2.68. The van der Waals surface area contributed by atoms with Crippen molar-refractivity contribution in [1.29, 1.82) is 0 Å². The maximum absolute atomic E-state index is 4.46. The predicted octanol–water partition coefficient (Wildman–Crippen LogP) is 3.74. The smallest absolute Gasteiger partial charge is 0.0597 e. The fourth-order valence-corrected chi connectivity index (χ4v) is 2.41. The summed E-state index contributed by atoms with van der Waals surface area (Å²) in [6, 6.07) is 2.68. The first kappa shape index (κ1) is 15.2. The minimum atomic E-state index is 0.466. The summed E-state index contributed by atoms with van der Waals surface area (Å²) >= 11 is 0. The van der Waals surface area contributed by atoms with Gasteiger partial charge in [-0.15, -0.1) is 0 Å². The van der Waals surface area contributed by atoms with Crippen LogP contribution in [0.1, 0.15) is 69.8 Å². The maximum Gasteiger partial charge on any atom is 0.0597 e. The van der Waals surface area contributed by atoms with Crippen LogP contribution < -0.4 is 5.32 Å². The highest BCUT2D eigenvalue weighted by Crippen LogP contribution is 2.20. The summed E-state index contributed by atoms with van der Waals surface area (Å²) in [5.74, 6) is 0. The lowest BCUT2D eigenvalue weighted by Crippen LogP contribution is -2.24. The number of hydrogen-bond acceptors (Lipinski definition) is 2. The number of aromatic nitrogens is 2. The fraction of sp³-hybridized carbons (Fsp3) is 0.800. The van der Waals surface area contributed by atoms with Crippen LogP contribution in [-0.4, -0.2) is 16.3 Å². The second kappa shape index (κ2) is 8.30. The van der Waals surface area contributed by atoms with Crippen molar-refractivity contribution in [3.05, 3.63) is 17.5 Å². The van der Waals surface area contributed by atoms with E-state index in [-0.39, 0.29) is 0 Å². The van der Waals surface area contributed by atoms with Crippen LogP contribution in [0.3, 0.4) is 0 Å². The third kappa shape index (κ3) is 4.81. The molecule has 0 saturated heterocycles. The number of nitrogens with zero attached hydrogens (tertiary/aromatic N) is 2. The van der Waals surface area contributed by atoms with Crippen molar-refractivity contribution < 1.29 is 0 Å². The molecule has 0 aromatic carbocycles. The Morgan fingerprint density at radius 2 is 2.00 bits per heavy atom. The van der Waals surface area contributed by atoms with Gasteiger partial charge in [0, 0.05) is 13.1 Å². The summed E-state index contributed by atoms with van der Waals surface area (Å²) in [7, 11) is 2.05. The number of rotatable bonds is 9. The van der Waals surface area contributed by atoms with Crippen LogP contribution >= 0.6 is 0 Å². The summed E-state index contributed by atoms with van der Waals surface area (Å²) in [5.41, 5.74) is 2.45. The van der Waals surface area contributed by atoms with E-state index in [1.54, 1.807) is 0 Å². The Balaban J connectivity index is 2.56. The predicted molar refractivity (Wildman–Crippen MR) is 77.7 cm³/mol. The molecular formula is C15H29N3. The second-order valence-corrected chi connectivity index (χ2v) is 5.19. The first-order valence-corrected chi connectivity index (χ1v) is 7.43. The van der Waals surface area contributed by atoms with E-state index in [1.807, 2.05) is 4.68 Å². The van der Waals surface area contributed by atoms with E-state index in [1.165, 1.54) is 44.2 Å². The van der Waals surface area contributed by atoms with Crippen LogP contribution in [0.2, 0.25) is 0 Å². The van der Waals surface area contributed by atoms with E-state index in [2.05, 4.69) is 44.3 Å². The van der Waals surface area contributed by atoms with Gasteiger partial charge in [0.25, 0.3) is 0 Å². The number of hydrogen-bond donors (Lipinski definition) is 1. The second-order valence-electron chi connectivity index (χ2n) is 5.19. The van der Waals surface area contributed by atoms with Crippen LogP contribution in [0, 0.1) is 6.92 Å². The number of unbranched alkanes of at least 4 members (excludes halogenated alkanes) is 3. The lowest BCUT2D eigenvalue weighted by Gasteiger charge is -2.18. The summed E-state index contributed by atoms with van der Waals surface area (Å²) < 4.78 is 2.03. The van der Waals surface area contributed by atoms with Gasteiger partial charge in [-0.1, -0.05) is 39.5 Å². The van der Waals surface area contributed by atoms with E-state index >= 15 is 0 Å². The average molecular weight is 251 g/mol. The van der Waals surface area contributed by atoms with E-state index < -0.39 is 0 Å². The molecule has 1 atom stereocenters. The first-order valence-electron chi connectivity index (χ1n) is 7.43. The van der Waals surface area contributed by atoms with Crippen molar-refractivity contribution in [3.8, 4) is 0 Å². The van der Waals surface area contributed by atoms with Gasteiger partial charge >= 0.3 is 0 Å². The topological polar surface area (TPSA) is 29.9 Å². The highest BCUT2D eigenvalue weighted by atomic mass is 15.3. The third-order valence-electron chi connectivity index (χ3n) is 3.38.